The van der Waals surface area contributed by atoms with Gasteiger partial charge in [0.2, 0.25) is 0 Å². The summed E-state index contributed by atoms with van der Waals surface area (Å²) in [5.41, 5.74) is 6.24. The van der Waals surface area contributed by atoms with Gasteiger partial charge in [0.15, 0.2) is 5.84 Å². The molecule has 0 aliphatic carbocycles. The third kappa shape index (κ3) is 2.82. The van der Waals surface area contributed by atoms with Crippen molar-refractivity contribution in [2.45, 2.75) is 13.0 Å². The molecule has 0 spiro atoms. The molecule has 0 aromatic carbocycles. The van der Waals surface area contributed by atoms with Crippen molar-refractivity contribution in [1.82, 2.24) is 9.88 Å². The fourth-order valence-electron chi connectivity index (χ4n) is 1.91. The van der Waals surface area contributed by atoms with Crippen molar-refractivity contribution in [2.24, 2.45) is 10.9 Å². The Morgan fingerprint density at radius 2 is 2.42 bits per heavy atom. The van der Waals surface area contributed by atoms with Gasteiger partial charge in [-0.1, -0.05) is 5.16 Å². The molecule has 1 unspecified atom stereocenters. The van der Waals surface area contributed by atoms with Crippen molar-refractivity contribution in [3.63, 3.8) is 0 Å². The lowest BCUT2D eigenvalue weighted by molar-refractivity contribution is 0.00327. The summed E-state index contributed by atoms with van der Waals surface area (Å²) in [5.74, 6) is -0.173. The summed E-state index contributed by atoms with van der Waals surface area (Å²) in [6.45, 7) is 3.57. The third-order valence-electron chi connectivity index (χ3n) is 3.01. The molecule has 1 saturated heterocycles. The summed E-state index contributed by atoms with van der Waals surface area (Å²) in [5, 5.41) is 11.4. The molecular weight excluding hydrogens is 248 g/mol. The zero-order chi connectivity index (χ0) is 13.8. The summed E-state index contributed by atoms with van der Waals surface area (Å²) in [7, 11) is 0. The first kappa shape index (κ1) is 13.3. The largest absolute Gasteiger partial charge is 0.409 e. The predicted molar refractivity (Wildman–Crippen MR) is 68.1 cm³/mol. The van der Waals surface area contributed by atoms with Gasteiger partial charge in [-0.05, 0) is 19.1 Å². The third-order valence-corrected chi connectivity index (χ3v) is 3.01. The lowest BCUT2D eigenvalue weighted by Crippen LogP contribution is -2.47. The highest BCUT2D eigenvalue weighted by molar-refractivity contribution is 5.98. The van der Waals surface area contributed by atoms with Crippen LogP contribution in [-0.2, 0) is 4.74 Å². The lowest BCUT2D eigenvalue weighted by Gasteiger charge is -2.33. The predicted octanol–water partition coefficient (Wildman–Crippen LogP) is 0.0370. The van der Waals surface area contributed by atoms with Gasteiger partial charge in [0.05, 0.1) is 19.3 Å². The molecular formula is C12H16N4O3. The summed E-state index contributed by atoms with van der Waals surface area (Å²) in [6.07, 6.45) is 1.41. The van der Waals surface area contributed by atoms with Crippen LogP contribution in [0.2, 0.25) is 0 Å². The van der Waals surface area contributed by atoms with E-state index in [9.17, 15) is 4.79 Å². The summed E-state index contributed by atoms with van der Waals surface area (Å²) in [4.78, 5) is 18.0. The normalized spacial score (nSPS) is 20.4. The first-order chi connectivity index (χ1) is 9.13. The Balaban J connectivity index is 2.15. The minimum atomic E-state index is -0.137. The standard InChI is InChI=1S/C12H16N4O3/c1-8-7-19-5-4-16(8)12(17)10-3-2-9(6-14-10)11(13)15-18/h2-3,6,8,18H,4-5,7H2,1H3,(H2,13,15). The maximum atomic E-state index is 12.3. The van der Waals surface area contributed by atoms with Crippen molar-refractivity contribution in [1.29, 1.82) is 0 Å². The highest BCUT2D eigenvalue weighted by Crippen LogP contribution is 2.11. The van der Waals surface area contributed by atoms with Crippen molar-refractivity contribution in [3.8, 4) is 0 Å². The number of carbonyl (C=O) groups excluding carboxylic acids is 1. The Bertz CT molecular complexity index is 486. The van der Waals surface area contributed by atoms with Gasteiger partial charge in [-0.2, -0.15) is 0 Å². The van der Waals surface area contributed by atoms with Gasteiger partial charge >= 0.3 is 0 Å². The second-order valence-corrected chi connectivity index (χ2v) is 4.34. The van der Waals surface area contributed by atoms with Crippen LogP contribution < -0.4 is 5.73 Å². The van der Waals surface area contributed by atoms with Gasteiger partial charge < -0.3 is 20.6 Å². The Kier molecular flexibility index (Phi) is 3.96. The van der Waals surface area contributed by atoms with Crippen molar-refractivity contribution in [2.75, 3.05) is 19.8 Å². The zero-order valence-electron chi connectivity index (χ0n) is 10.6. The number of nitrogens with zero attached hydrogens (tertiary/aromatic N) is 3. The van der Waals surface area contributed by atoms with Crippen molar-refractivity contribution < 1.29 is 14.7 Å². The van der Waals surface area contributed by atoms with Gasteiger partial charge in [-0.3, -0.25) is 9.78 Å². The van der Waals surface area contributed by atoms with Gasteiger partial charge in [0, 0.05) is 18.3 Å². The van der Waals surface area contributed by atoms with Crippen molar-refractivity contribution in [3.05, 3.63) is 29.6 Å². The van der Waals surface area contributed by atoms with Crippen LogP contribution in [0.15, 0.2) is 23.5 Å². The Hall–Kier alpha value is -2.15. The average Bonchev–Trinajstić information content (AvgIpc) is 2.46. The molecule has 1 aliphatic heterocycles. The number of nitrogens with two attached hydrogens (primary N) is 1. The summed E-state index contributed by atoms with van der Waals surface area (Å²) in [6, 6.07) is 3.20. The van der Waals surface area contributed by atoms with Crippen LogP contribution in [0.1, 0.15) is 23.0 Å². The van der Waals surface area contributed by atoms with Crippen LogP contribution in [0, 0.1) is 0 Å². The number of oxime groups is 1. The highest BCUT2D eigenvalue weighted by atomic mass is 16.5. The molecule has 19 heavy (non-hydrogen) atoms. The van der Waals surface area contributed by atoms with Gasteiger partial charge in [0.25, 0.3) is 5.91 Å². The number of hydrogen-bond donors (Lipinski definition) is 2. The van der Waals surface area contributed by atoms with E-state index in [4.69, 9.17) is 15.7 Å². The number of amidine groups is 1. The number of pyridine rings is 1. The minimum Gasteiger partial charge on any atom is -0.409 e. The van der Waals surface area contributed by atoms with Crippen LogP contribution >= 0.6 is 0 Å². The molecule has 3 N–H and O–H groups in total. The maximum absolute atomic E-state index is 12.3. The van der Waals surface area contributed by atoms with E-state index in [2.05, 4.69) is 10.1 Å². The van der Waals surface area contributed by atoms with E-state index >= 15 is 0 Å². The molecule has 102 valence electrons. The number of morpholine rings is 1. The zero-order valence-corrected chi connectivity index (χ0v) is 10.6. The van der Waals surface area contributed by atoms with E-state index in [0.717, 1.165) is 0 Å². The van der Waals surface area contributed by atoms with E-state index in [-0.39, 0.29) is 17.8 Å². The molecule has 1 aliphatic rings. The molecule has 0 saturated carbocycles. The molecule has 7 heteroatoms. The van der Waals surface area contributed by atoms with Crippen LogP contribution in [0.5, 0.6) is 0 Å². The van der Waals surface area contributed by atoms with E-state index in [1.807, 2.05) is 6.92 Å². The minimum absolute atomic E-state index is 0.0341. The van der Waals surface area contributed by atoms with Gasteiger partial charge in [-0.15, -0.1) is 0 Å². The number of amides is 1. The fraction of sp³-hybridized carbons (Fsp3) is 0.417. The number of aromatic nitrogens is 1. The first-order valence-corrected chi connectivity index (χ1v) is 5.96. The van der Waals surface area contributed by atoms with Crippen LogP contribution in [0.4, 0.5) is 0 Å². The maximum Gasteiger partial charge on any atom is 0.272 e. The quantitative estimate of drug-likeness (QED) is 0.340. The number of ether oxygens (including phenoxy) is 1. The van der Waals surface area contributed by atoms with Crippen LogP contribution in [0.25, 0.3) is 0 Å². The molecule has 0 radical (unpaired) electrons. The number of rotatable bonds is 2. The molecule has 2 rings (SSSR count). The molecule has 1 aromatic rings. The molecule has 1 aromatic heterocycles. The molecule has 2 heterocycles. The van der Waals surface area contributed by atoms with E-state index in [1.165, 1.54) is 6.20 Å². The van der Waals surface area contributed by atoms with E-state index in [1.54, 1.807) is 17.0 Å². The van der Waals surface area contributed by atoms with Crippen LogP contribution in [0.3, 0.4) is 0 Å². The summed E-state index contributed by atoms with van der Waals surface area (Å²) < 4.78 is 5.29. The Morgan fingerprint density at radius 3 is 3.00 bits per heavy atom. The Morgan fingerprint density at radius 1 is 1.63 bits per heavy atom. The average molecular weight is 264 g/mol. The topological polar surface area (TPSA) is 101 Å². The molecule has 1 fully saturated rings. The number of carbonyl (C=O) groups is 1. The smallest absolute Gasteiger partial charge is 0.272 e. The molecule has 1 atom stereocenters. The fourth-order valence-corrected chi connectivity index (χ4v) is 1.91. The van der Waals surface area contributed by atoms with E-state index < -0.39 is 0 Å². The second kappa shape index (κ2) is 5.66. The molecule has 7 nitrogen and oxygen atoms in total. The Labute approximate surface area is 110 Å². The SMILES string of the molecule is CC1COCCN1C(=O)c1ccc(C(N)=NO)cn1. The van der Waals surface area contributed by atoms with E-state index in [0.29, 0.717) is 31.0 Å². The van der Waals surface area contributed by atoms with Crippen LogP contribution in [-0.4, -0.2) is 52.6 Å². The molecule has 0 bridgehead atoms. The number of hydrogen-bond acceptors (Lipinski definition) is 5. The van der Waals surface area contributed by atoms with Gasteiger partial charge in [-0.25, -0.2) is 0 Å². The highest BCUT2D eigenvalue weighted by Gasteiger charge is 2.25. The molecule has 1 amide bonds. The lowest BCUT2D eigenvalue weighted by atomic mass is 10.2. The summed E-state index contributed by atoms with van der Waals surface area (Å²) >= 11 is 0. The van der Waals surface area contributed by atoms with Crippen molar-refractivity contribution >= 4 is 11.7 Å². The first-order valence-electron chi connectivity index (χ1n) is 5.96. The monoisotopic (exact) mass is 264 g/mol. The van der Waals surface area contributed by atoms with Gasteiger partial charge in [0.1, 0.15) is 5.69 Å². The second-order valence-electron chi connectivity index (χ2n) is 4.34.